The van der Waals surface area contributed by atoms with Crippen LogP contribution in [0.25, 0.3) is 0 Å². The van der Waals surface area contributed by atoms with Gasteiger partial charge < -0.3 is 0 Å². The molecular formula is C32H21F15O3S2. The average molecular weight is 803 g/mol. The van der Waals surface area contributed by atoms with Gasteiger partial charge in [0, 0.05) is 14.7 Å². The number of hydrogen-bond acceptors (Lipinski definition) is 3. The van der Waals surface area contributed by atoms with Gasteiger partial charge in [-0.1, -0.05) is 54.1 Å². The van der Waals surface area contributed by atoms with Crippen LogP contribution in [0.4, 0.5) is 65.9 Å². The SMILES string of the molecule is Cc1cc(C)c(S(OS(=O)(=O)c2c(C(F)(F)F)c(C(F)(F)F)c(C(F)(F)F)c(C(F)(F)F)c2C(F)(F)F)(c2ccccc2)c2ccccc2)c(C)c1. The lowest BCUT2D eigenvalue weighted by Gasteiger charge is -2.42. The van der Waals surface area contributed by atoms with Gasteiger partial charge in [-0.2, -0.15) is 74.3 Å². The number of rotatable bonds is 6. The van der Waals surface area contributed by atoms with E-state index in [1.54, 1.807) is 0 Å². The van der Waals surface area contributed by atoms with Crippen LogP contribution < -0.4 is 0 Å². The van der Waals surface area contributed by atoms with E-state index in [1.807, 2.05) is 0 Å². The summed E-state index contributed by atoms with van der Waals surface area (Å²) in [6.45, 7) is 4.15. The molecule has 0 aliphatic heterocycles. The fourth-order valence-electron chi connectivity index (χ4n) is 5.87. The van der Waals surface area contributed by atoms with Gasteiger partial charge in [0.1, 0.15) is 4.90 Å². The molecule has 0 bridgehead atoms. The topological polar surface area (TPSA) is 43.4 Å². The van der Waals surface area contributed by atoms with Gasteiger partial charge in [-0.25, -0.2) is 3.63 Å². The summed E-state index contributed by atoms with van der Waals surface area (Å²) in [4.78, 5) is -4.81. The van der Waals surface area contributed by atoms with E-state index >= 15 is 0 Å². The van der Waals surface area contributed by atoms with Crippen molar-refractivity contribution in [1.82, 2.24) is 0 Å². The second-order valence-corrected chi connectivity index (χ2v) is 15.4. The Morgan fingerprint density at radius 3 is 1.02 bits per heavy atom. The molecule has 3 nitrogen and oxygen atoms in total. The highest BCUT2D eigenvalue weighted by Gasteiger charge is 2.63. The Morgan fingerprint density at radius 1 is 0.442 bits per heavy atom. The predicted octanol–water partition coefficient (Wildman–Crippen LogP) is 12.3. The van der Waals surface area contributed by atoms with Gasteiger partial charge in [-0.15, -0.1) is 0 Å². The standard InChI is InChI=1S/C32H21F15O3S2/c1-16-14-17(2)26(18(3)15-16)51(19-10-6-4-7-11-19,20-12-8-5-9-13-20)50-52(48,49)27-24(31(42,43)44)22(29(36,37)38)21(28(33,34)35)23(30(39,40)41)25(27)32(45,46)47/h4-15H,1-3H3. The van der Waals surface area contributed by atoms with Crippen LogP contribution in [0, 0.1) is 20.8 Å². The van der Waals surface area contributed by atoms with E-state index in [0.717, 1.165) is 24.3 Å². The Balaban J connectivity index is 2.43. The van der Waals surface area contributed by atoms with Gasteiger partial charge >= 0.3 is 41.0 Å². The Morgan fingerprint density at radius 2 is 0.731 bits per heavy atom. The van der Waals surface area contributed by atoms with Crippen LogP contribution in [0.5, 0.6) is 0 Å². The molecule has 0 saturated heterocycles. The Bertz CT molecular complexity index is 1970. The maximum absolute atomic E-state index is 14.7. The summed E-state index contributed by atoms with van der Waals surface area (Å²) in [6, 6.07) is 14.6. The van der Waals surface area contributed by atoms with E-state index in [-0.39, 0.29) is 25.8 Å². The molecule has 4 rings (SSSR count). The van der Waals surface area contributed by atoms with Crippen LogP contribution in [0.1, 0.15) is 44.5 Å². The third-order valence-corrected chi connectivity index (χ3v) is 12.9. The van der Waals surface area contributed by atoms with Crippen molar-refractivity contribution in [3.63, 3.8) is 0 Å². The van der Waals surface area contributed by atoms with Gasteiger partial charge in [-0.05, 0) is 66.5 Å². The highest BCUT2D eigenvalue weighted by Crippen LogP contribution is 2.72. The first-order valence-corrected chi connectivity index (χ1v) is 17.0. The summed E-state index contributed by atoms with van der Waals surface area (Å²) in [5, 5.41) is 0. The maximum Gasteiger partial charge on any atom is 0.418 e. The van der Waals surface area contributed by atoms with Crippen LogP contribution in [-0.4, -0.2) is 8.42 Å². The molecule has 52 heavy (non-hydrogen) atoms. The van der Waals surface area contributed by atoms with Crippen LogP contribution in [-0.2, 0) is 44.6 Å². The first kappa shape index (κ1) is 40.9. The normalized spacial score (nSPS) is 14.1. The molecule has 0 fully saturated rings. The molecule has 4 aromatic rings. The molecule has 0 spiro atoms. The van der Waals surface area contributed by atoms with E-state index in [9.17, 15) is 74.3 Å². The van der Waals surface area contributed by atoms with Gasteiger partial charge in [0.15, 0.2) is 0 Å². The second-order valence-electron chi connectivity index (χ2n) is 11.1. The summed E-state index contributed by atoms with van der Waals surface area (Å²) < 4.78 is 250. The van der Waals surface area contributed by atoms with Crippen LogP contribution in [0.3, 0.4) is 0 Å². The summed E-state index contributed by atoms with van der Waals surface area (Å²) >= 11 is 0. The zero-order valence-corrected chi connectivity index (χ0v) is 27.8. The van der Waals surface area contributed by atoms with E-state index in [2.05, 4.69) is 0 Å². The summed E-state index contributed by atoms with van der Waals surface area (Å²) in [5.74, 6) is 0. The molecule has 0 aromatic heterocycles. The Labute approximate surface area is 286 Å². The molecule has 0 heterocycles. The molecule has 0 atom stereocenters. The molecule has 0 aliphatic rings. The minimum atomic E-state index is -7.33. The number of halogens is 15. The van der Waals surface area contributed by atoms with E-state index in [0.29, 0.717) is 5.56 Å². The van der Waals surface area contributed by atoms with Crippen molar-refractivity contribution < 1.29 is 77.9 Å². The third-order valence-electron chi connectivity index (χ3n) is 7.36. The molecule has 0 saturated carbocycles. The zero-order chi connectivity index (χ0) is 39.6. The van der Waals surface area contributed by atoms with Gasteiger partial charge in [0.2, 0.25) is 0 Å². The molecule has 20 heteroatoms. The van der Waals surface area contributed by atoms with Crippen molar-refractivity contribution in [3.05, 3.63) is 117 Å². The smallest absolute Gasteiger partial charge is 0.203 e. The molecule has 4 aromatic carbocycles. The van der Waals surface area contributed by atoms with Crippen LogP contribution in [0.2, 0.25) is 0 Å². The van der Waals surface area contributed by atoms with Crippen molar-refractivity contribution in [1.29, 1.82) is 0 Å². The van der Waals surface area contributed by atoms with E-state index in [1.165, 1.54) is 69.3 Å². The molecule has 0 aliphatic carbocycles. The first-order valence-electron chi connectivity index (χ1n) is 14.0. The number of alkyl halides is 15. The minimum Gasteiger partial charge on any atom is -0.203 e. The largest absolute Gasteiger partial charge is 0.418 e. The fraction of sp³-hybridized carbons (Fsp3) is 0.250. The molecule has 284 valence electrons. The lowest BCUT2D eigenvalue weighted by molar-refractivity contribution is -0.191. The van der Waals surface area contributed by atoms with Crippen molar-refractivity contribution in [2.24, 2.45) is 0 Å². The molecule has 0 radical (unpaired) electrons. The predicted molar refractivity (Wildman–Crippen MR) is 156 cm³/mol. The average Bonchev–Trinajstić information content (AvgIpc) is 2.97. The van der Waals surface area contributed by atoms with Crippen molar-refractivity contribution in [2.45, 2.75) is 71.2 Å². The maximum atomic E-state index is 14.7. The molecule has 0 unspecified atom stereocenters. The first-order chi connectivity index (χ1) is 23.5. The van der Waals surface area contributed by atoms with Crippen molar-refractivity contribution >= 4 is 20.4 Å². The van der Waals surface area contributed by atoms with E-state index < -0.39 is 84.0 Å². The number of hydrogen-bond donors (Lipinski definition) is 0. The van der Waals surface area contributed by atoms with Gasteiger partial charge in [0.25, 0.3) is 0 Å². The Kier molecular flexibility index (Phi) is 10.4. The van der Waals surface area contributed by atoms with Gasteiger partial charge in [0.05, 0.1) is 27.8 Å². The zero-order valence-electron chi connectivity index (χ0n) is 26.1. The van der Waals surface area contributed by atoms with Crippen LogP contribution in [0.15, 0.2) is 92.4 Å². The quantitative estimate of drug-likeness (QED) is 0.182. The van der Waals surface area contributed by atoms with Crippen molar-refractivity contribution in [3.8, 4) is 0 Å². The highest BCUT2D eigenvalue weighted by atomic mass is 32.3. The lowest BCUT2D eigenvalue weighted by atomic mass is 9.89. The second kappa shape index (κ2) is 13.2. The summed E-state index contributed by atoms with van der Waals surface area (Å²) in [7, 11) is -11.7. The van der Waals surface area contributed by atoms with E-state index in [4.69, 9.17) is 3.63 Å². The monoisotopic (exact) mass is 802 g/mol. The summed E-state index contributed by atoms with van der Waals surface area (Å²) in [6.07, 6.45) is -35.8. The summed E-state index contributed by atoms with van der Waals surface area (Å²) in [5.41, 5.74) is -21.0. The molecule has 0 amide bonds. The molecule has 0 N–H and O–H groups in total. The third kappa shape index (κ3) is 7.46. The number of benzene rings is 4. The highest BCUT2D eigenvalue weighted by molar-refractivity contribution is 8.33. The fourth-order valence-corrected chi connectivity index (χ4v) is 11.9. The Hall–Kier alpha value is -3.91. The van der Waals surface area contributed by atoms with Crippen molar-refractivity contribution in [2.75, 3.05) is 0 Å². The number of aryl methyl sites for hydroxylation is 3. The molecular weight excluding hydrogens is 781 g/mol. The lowest BCUT2D eigenvalue weighted by Crippen LogP contribution is -2.34. The van der Waals surface area contributed by atoms with Gasteiger partial charge in [-0.3, -0.25) is 0 Å². The van der Waals surface area contributed by atoms with Crippen LogP contribution >= 0.6 is 10.3 Å². The minimum absolute atomic E-state index is 0.0573.